The lowest BCUT2D eigenvalue weighted by molar-refractivity contribution is 0.605. The van der Waals surface area contributed by atoms with Crippen LogP contribution in [-0.2, 0) is 0 Å². The summed E-state index contributed by atoms with van der Waals surface area (Å²) in [4.78, 5) is 8.22. The van der Waals surface area contributed by atoms with E-state index in [0.29, 0.717) is 12.0 Å². The predicted octanol–water partition coefficient (Wildman–Crippen LogP) is 0.554. The second kappa shape index (κ2) is 2.08. The molecule has 10 heavy (non-hydrogen) atoms. The summed E-state index contributed by atoms with van der Waals surface area (Å²) in [5, 5.41) is 0. The van der Waals surface area contributed by atoms with Crippen molar-refractivity contribution in [1.82, 2.24) is 0 Å². The van der Waals surface area contributed by atoms with Gasteiger partial charge in [-0.2, -0.15) is 0 Å². The van der Waals surface area contributed by atoms with Crippen LogP contribution in [-0.4, -0.2) is 18.2 Å². The average molecular weight is 137 g/mol. The summed E-state index contributed by atoms with van der Waals surface area (Å²) in [5.74, 6) is 1.25. The average Bonchev–Trinajstić information content (AvgIpc) is 2.36. The largest absolute Gasteiger partial charge is 0.387 e. The van der Waals surface area contributed by atoms with Gasteiger partial charge in [0, 0.05) is 5.92 Å². The zero-order valence-corrected chi connectivity index (χ0v) is 5.83. The van der Waals surface area contributed by atoms with Crippen LogP contribution in [0, 0.1) is 5.92 Å². The van der Waals surface area contributed by atoms with Crippen molar-refractivity contribution < 1.29 is 0 Å². The summed E-state index contributed by atoms with van der Waals surface area (Å²) in [6, 6.07) is 0.456. The van der Waals surface area contributed by atoms with E-state index >= 15 is 0 Å². The van der Waals surface area contributed by atoms with Gasteiger partial charge in [0.15, 0.2) is 0 Å². The highest BCUT2D eigenvalue weighted by Crippen LogP contribution is 2.29. The van der Waals surface area contributed by atoms with E-state index in [1.54, 1.807) is 6.34 Å². The van der Waals surface area contributed by atoms with Crippen molar-refractivity contribution in [2.75, 3.05) is 0 Å². The van der Waals surface area contributed by atoms with Gasteiger partial charge >= 0.3 is 0 Å². The fraction of sp³-hybridized carbons (Fsp3) is 0.714. The smallest absolute Gasteiger partial charge is 0.112 e. The SMILES string of the molecule is NC1=NC=NC2CCCC12. The number of rotatable bonds is 0. The monoisotopic (exact) mass is 137 g/mol. The van der Waals surface area contributed by atoms with Crippen LogP contribution in [0.5, 0.6) is 0 Å². The number of fused-ring (bicyclic) bond motifs is 1. The van der Waals surface area contributed by atoms with Crippen molar-refractivity contribution in [3.63, 3.8) is 0 Å². The molecule has 0 aromatic heterocycles. The second-order valence-electron chi connectivity index (χ2n) is 2.92. The van der Waals surface area contributed by atoms with E-state index in [0.717, 1.165) is 5.84 Å². The van der Waals surface area contributed by atoms with E-state index in [9.17, 15) is 0 Å². The van der Waals surface area contributed by atoms with Crippen LogP contribution in [0.3, 0.4) is 0 Å². The number of nitrogens with two attached hydrogens (primary N) is 1. The maximum atomic E-state index is 5.68. The van der Waals surface area contributed by atoms with E-state index in [-0.39, 0.29) is 0 Å². The third-order valence-electron chi connectivity index (χ3n) is 2.32. The summed E-state index contributed by atoms with van der Waals surface area (Å²) in [5.41, 5.74) is 5.68. The first-order valence-corrected chi connectivity index (χ1v) is 3.73. The lowest BCUT2D eigenvalue weighted by Crippen LogP contribution is -2.31. The van der Waals surface area contributed by atoms with Crippen LogP contribution < -0.4 is 5.73 Å². The first-order valence-electron chi connectivity index (χ1n) is 3.73. The quantitative estimate of drug-likeness (QED) is 0.521. The number of amidine groups is 1. The molecule has 0 bridgehead atoms. The van der Waals surface area contributed by atoms with E-state index < -0.39 is 0 Å². The van der Waals surface area contributed by atoms with Crippen LogP contribution in [0.1, 0.15) is 19.3 Å². The fourth-order valence-electron chi connectivity index (χ4n) is 1.75. The van der Waals surface area contributed by atoms with Gasteiger partial charge < -0.3 is 5.73 Å². The number of hydrogen-bond donors (Lipinski definition) is 1. The molecule has 0 saturated heterocycles. The molecule has 1 heterocycles. The Morgan fingerprint density at radius 3 is 3.20 bits per heavy atom. The van der Waals surface area contributed by atoms with Crippen molar-refractivity contribution >= 4 is 12.2 Å². The van der Waals surface area contributed by atoms with Crippen LogP contribution in [0.2, 0.25) is 0 Å². The Morgan fingerprint density at radius 1 is 1.50 bits per heavy atom. The molecule has 1 aliphatic heterocycles. The van der Waals surface area contributed by atoms with Gasteiger partial charge in [0.2, 0.25) is 0 Å². The van der Waals surface area contributed by atoms with Crippen molar-refractivity contribution in [1.29, 1.82) is 0 Å². The third-order valence-corrected chi connectivity index (χ3v) is 2.32. The van der Waals surface area contributed by atoms with E-state index in [2.05, 4.69) is 9.98 Å². The molecular weight excluding hydrogens is 126 g/mol. The van der Waals surface area contributed by atoms with E-state index in [4.69, 9.17) is 5.73 Å². The minimum Gasteiger partial charge on any atom is -0.387 e. The lowest BCUT2D eigenvalue weighted by atomic mass is 10.0. The molecular formula is C7H11N3. The molecule has 2 atom stereocenters. The maximum absolute atomic E-state index is 5.68. The summed E-state index contributed by atoms with van der Waals surface area (Å²) in [6.07, 6.45) is 5.22. The molecule has 2 rings (SSSR count). The molecule has 0 spiro atoms. The van der Waals surface area contributed by atoms with Crippen molar-refractivity contribution in [2.45, 2.75) is 25.3 Å². The summed E-state index contributed by atoms with van der Waals surface area (Å²) >= 11 is 0. The van der Waals surface area contributed by atoms with Crippen molar-refractivity contribution in [3.8, 4) is 0 Å². The van der Waals surface area contributed by atoms with Crippen LogP contribution in [0.15, 0.2) is 9.98 Å². The minimum atomic E-state index is 0.456. The van der Waals surface area contributed by atoms with Crippen LogP contribution in [0.25, 0.3) is 0 Å². The molecule has 2 aliphatic rings. The standard InChI is InChI=1S/C7H11N3/c8-7-5-2-1-3-6(5)9-4-10-7/h4-6H,1-3H2,(H2,8,9,10). The predicted molar refractivity (Wildman–Crippen MR) is 41.2 cm³/mol. The Morgan fingerprint density at radius 2 is 2.40 bits per heavy atom. The zero-order chi connectivity index (χ0) is 6.97. The molecule has 3 nitrogen and oxygen atoms in total. The van der Waals surface area contributed by atoms with Gasteiger partial charge in [0.05, 0.1) is 6.04 Å². The number of nitrogens with zero attached hydrogens (tertiary/aromatic N) is 2. The minimum absolute atomic E-state index is 0.456. The number of hydrogen-bond acceptors (Lipinski definition) is 3. The zero-order valence-electron chi connectivity index (χ0n) is 5.83. The van der Waals surface area contributed by atoms with Crippen LogP contribution in [0.4, 0.5) is 0 Å². The molecule has 0 amide bonds. The van der Waals surface area contributed by atoms with Gasteiger partial charge in [-0.25, -0.2) is 4.99 Å². The molecule has 1 fully saturated rings. The molecule has 54 valence electrons. The first kappa shape index (κ1) is 5.89. The maximum Gasteiger partial charge on any atom is 0.112 e. The van der Waals surface area contributed by atoms with Crippen molar-refractivity contribution in [3.05, 3.63) is 0 Å². The Balaban J connectivity index is 2.24. The Bertz CT molecular complexity index is 195. The highest BCUT2D eigenvalue weighted by molar-refractivity contribution is 5.91. The molecule has 2 unspecified atom stereocenters. The van der Waals surface area contributed by atoms with Gasteiger partial charge in [0.25, 0.3) is 0 Å². The van der Waals surface area contributed by atoms with E-state index in [1.165, 1.54) is 19.3 Å². The normalized spacial score (nSPS) is 37.4. The summed E-state index contributed by atoms with van der Waals surface area (Å²) in [7, 11) is 0. The molecule has 0 aromatic rings. The number of aliphatic imine (C=N–C) groups is 2. The van der Waals surface area contributed by atoms with Crippen molar-refractivity contribution in [2.24, 2.45) is 21.6 Å². The molecule has 2 N–H and O–H groups in total. The van der Waals surface area contributed by atoms with Gasteiger partial charge in [-0.1, -0.05) is 6.42 Å². The Hall–Kier alpha value is -0.860. The molecule has 1 aliphatic carbocycles. The molecule has 3 heteroatoms. The second-order valence-corrected chi connectivity index (χ2v) is 2.92. The van der Waals surface area contributed by atoms with E-state index in [1.807, 2.05) is 0 Å². The highest BCUT2D eigenvalue weighted by Gasteiger charge is 2.30. The molecule has 0 radical (unpaired) electrons. The molecule has 1 saturated carbocycles. The van der Waals surface area contributed by atoms with Gasteiger partial charge in [-0.05, 0) is 12.8 Å². The third kappa shape index (κ3) is 0.735. The Labute approximate surface area is 60.0 Å². The topological polar surface area (TPSA) is 50.7 Å². The lowest BCUT2D eigenvalue weighted by Gasteiger charge is -2.17. The van der Waals surface area contributed by atoms with Gasteiger partial charge in [-0.15, -0.1) is 0 Å². The van der Waals surface area contributed by atoms with Gasteiger partial charge in [-0.3, -0.25) is 4.99 Å². The highest BCUT2D eigenvalue weighted by atomic mass is 15.0. The summed E-state index contributed by atoms with van der Waals surface area (Å²) < 4.78 is 0. The Kier molecular flexibility index (Phi) is 1.22. The fourth-order valence-corrected chi connectivity index (χ4v) is 1.75. The van der Waals surface area contributed by atoms with Gasteiger partial charge in [0.1, 0.15) is 12.2 Å². The molecule has 0 aromatic carbocycles. The summed E-state index contributed by atoms with van der Waals surface area (Å²) in [6.45, 7) is 0. The first-order chi connectivity index (χ1) is 4.88. The van der Waals surface area contributed by atoms with Crippen LogP contribution >= 0.6 is 0 Å².